The van der Waals surface area contributed by atoms with Crippen molar-refractivity contribution >= 4 is 34.2 Å². The molecule has 2 atom stereocenters. The highest BCUT2D eigenvalue weighted by Crippen LogP contribution is 2.29. The maximum Gasteiger partial charge on any atom is 0.228 e. The molecule has 1 saturated carbocycles. The van der Waals surface area contributed by atoms with E-state index in [0.29, 0.717) is 50.1 Å². The summed E-state index contributed by atoms with van der Waals surface area (Å²) >= 11 is 0. The lowest BCUT2D eigenvalue weighted by atomic mass is 9.85. The molecule has 9 nitrogen and oxygen atoms in total. The number of ether oxygens (including phenoxy) is 1. The third kappa shape index (κ3) is 4.91. The van der Waals surface area contributed by atoms with Gasteiger partial charge in [0.15, 0.2) is 0 Å². The van der Waals surface area contributed by atoms with Gasteiger partial charge in [-0.05, 0) is 31.4 Å². The number of nitriles is 1. The summed E-state index contributed by atoms with van der Waals surface area (Å²) in [5, 5.41) is 16.9. The average Bonchev–Trinajstić information content (AvgIpc) is 2.78. The van der Waals surface area contributed by atoms with Crippen molar-refractivity contribution < 1.29 is 14.3 Å². The third-order valence-electron chi connectivity index (χ3n) is 5.82. The number of pyridine rings is 2. The number of rotatable bonds is 4. The second kappa shape index (κ2) is 9.27. The first-order valence-electron chi connectivity index (χ1n) is 10.6. The van der Waals surface area contributed by atoms with Gasteiger partial charge in [0.1, 0.15) is 23.4 Å². The SMILES string of the molecule is CC(=O)N[C@@H]1CCC[C@H](C(=O)Nc2cc3c(N4CCOCC4)nc(C#N)cc3cn2)C1. The molecule has 1 saturated heterocycles. The second-order valence-corrected chi connectivity index (χ2v) is 8.08. The van der Waals surface area contributed by atoms with Gasteiger partial charge in [-0.2, -0.15) is 5.26 Å². The van der Waals surface area contributed by atoms with Crippen molar-refractivity contribution in [3.8, 4) is 6.07 Å². The highest BCUT2D eigenvalue weighted by Gasteiger charge is 2.28. The van der Waals surface area contributed by atoms with Gasteiger partial charge in [-0.25, -0.2) is 9.97 Å². The summed E-state index contributed by atoms with van der Waals surface area (Å²) in [5.74, 6) is 0.846. The Hall–Kier alpha value is -3.25. The van der Waals surface area contributed by atoms with Gasteiger partial charge in [0.25, 0.3) is 0 Å². The smallest absolute Gasteiger partial charge is 0.228 e. The second-order valence-electron chi connectivity index (χ2n) is 8.08. The molecule has 2 N–H and O–H groups in total. The fraction of sp³-hybridized carbons (Fsp3) is 0.500. The fourth-order valence-electron chi connectivity index (χ4n) is 4.35. The Bertz CT molecular complexity index is 1030. The van der Waals surface area contributed by atoms with Crippen LogP contribution in [0.4, 0.5) is 11.6 Å². The Kier molecular flexibility index (Phi) is 6.28. The summed E-state index contributed by atoms with van der Waals surface area (Å²) in [6.45, 7) is 4.08. The van der Waals surface area contributed by atoms with E-state index in [-0.39, 0.29) is 23.8 Å². The lowest BCUT2D eigenvalue weighted by Gasteiger charge is -2.29. The Morgan fingerprint density at radius 1 is 1.26 bits per heavy atom. The summed E-state index contributed by atoms with van der Waals surface area (Å²) < 4.78 is 5.44. The summed E-state index contributed by atoms with van der Waals surface area (Å²) in [6.07, 6.45) is 4.88. The van der Waals surface area contributed by atoms with E-state index in [0.717, 1.165) is 30.0 Å². The van der Waals surface area contributed by atoms with E-state index in [4.69, 9.17) is 4.74 Å². The van der Waals surface area contributed by atoms with Gasteiger partial charge >= 0.3 is 0 Å². The molecule has 1 aliphatic heterocycles. The highest BCUT2D eigenvalue weighted by atomic mass is 16.5. The molecule has 9 heteroatoms. The van der Waals surface area contributed by atoms with E-state index in [2.05, 4.69) is 31.6 Å². The topological polar surface area (TPSA) is 120 Å². The Labute approximate surface area is 180 Å². The summed E-state index contributed by atoms with van der Waals surface area (Å²) in [6, 6.07) is 5.67. The molecule has 2 aromatic rings. The van der Waals surface area contributed by atoms with Crippen molar-refractivity contribution in [3.05, 3.63) is 24.0 Å². The number of nitrogens with one attached hydrogen (secondary N) is 2. The number of morpholine rings is 1. The maximum atomic E-state index is 12.9. The molecule has 3 heterocycles. The number of anilines is 2. The molecule has 0 radical (unpaired) electrons. The van der Waals surface area contributed by atoms with Gasteiger partial charge < -0.3 is 20.3 Å². The molecule has 4 rings (SSSR count). The number of fused-ring (bicyclic) bond motifs is 1. The maximum absolute atomic E-state index is 12.9. The zero-order valence-electron chi connectivity index (χ0n) is 17.6. The van der Waals surface area contributed by atoms with E-state index in [1.54, 1.807) is 12.3 Å². The molecular weight excluding hydrogens is 396 g/mol. The first kappa shape index (κ1) is 21.0. The Morgan fingerprint density at radius 2 is 2.06 bits per heavy atom. The van der Waals surface area contributed by atoms with Crippen LogP contribution in [0.2, 0.25) is 0 Å². The molecular formula is C22H26N6O3. The van der Waals surface area contributed by atoms with Crippen LogP contribution in [0.1, 0.15) is 38.3 Å². The van der Waals surface area contributed by atoms with Gasteiger partial charge in [-0.15, -0.1) is 0 Å². The number of aromatic nitrogens is 2. The largest absolute Gasteiger partial charge is 0.378 e. The van der Waals surface area contributed by atoms with Crippen LogP contribution in [-0.2, 0) is 14.3 Å². The van der Waals surface area contributed by atoms with Crippen LogP contribution in [0.15, 0.2) is 18.3 Å². The third-order valence-corrected chi connectivity index (χ3v) is 5.82. The molecule has 31 heavy (non-hydrogen) atoms. The fourth-order valence-corrected chi connectivity index (χ4v) is 4.35. The lowest BCUT2D eigenvalue weighted by Crippen LogP contribution is -2.40. The molecule has 2 amide bonds. The first-order valence-corrected chi connectivity index (χ1v) is 10.6. The van der Waals surface area contributed by atoms with Crippen LogP contribution >= 0.6 is 0 Å². The molecule has 0 bridgehead atoms. The number of amides is 2. The van der Waals surface area contributed by atoms with Crippen LogP contribution in [0.25, 0.3) is 10.8 Å². The van der Waals surface area contributed by atoms with Crippen molar-refractivity contribution in [1.29, 1.82) is 5.26 Å². The van der Waals surface area contributed by atoms with Gasteiger partial charge in [0.2, 0.25) is 11.8 Å². The molecule has 2 aliphatic rings. The van der Waals surface area contributed by atoms with Crippen molar-refractivity contribution in [1.82, 2.24) is 15.3 Å². The Balaban J connectivity index is 1.56. The molecule has 1 aliphatic carbocycles. The van der Waals surface area contributed by atoms with E-state index >= 15 is 0 Å². The minimum atomic E-state index is -0.166. The average molecular weight is 422 g/mol. The van der Waals surface area contributed by atoms with Crippen molar-refractivity contribution in [2.45, 2.75) is 38.6 Å². The molecule has 0 aromatic carbocycles. The number of hydrogen-bond acceptors (Lipinski definition) is 7. The van der Waals surface area contributed by atoms with Crippen molar-refractivity contribution in [3.63, 3.8) is 0 Å². The molecule has 0 spiro atoms. The number of hydrogen-bond donors (Lipinski definition) is 2. The van der Waals surface area contributed by atoms with E-state index in [1.165, 1.54) is 6.92 Å². The molecule has 2 fully saturated rings. The van der Waals surface area contributed by atoms with Crippen LogP contribution in [0, 0.1) is 17.2 Å². The molecule has 0 unspecified atom stereocenters. The van der Waals surface area contributed by atoms with Gasteiger partial charge in [0.05, 0.1) is 13.2 Å². The standard InChI is InChI=1S/C22H26N6O3/c1-14(29)25-17-4-2-3-15(9-17)22(30)27-20-11-19-16(13-24-20)10-18(12-23)26-21(19)28-5-7-31-8-6-28/h10-11,13,15,17H,2-9H2,1H3,(H,25,29)(H,24,27,30)/t15-,17+/m0/s1. The van der Waals surface area contributed by atoms with Crippen LogP contribution < -0.4 is 15.5 Å². The number of carbonyl (C=O) groups is 2. The minimum absolute atomic E-state index is 0.0353. The van der Waals surface area contributed by atoms with Crippen LogP contribution in [0.5, 0.6) is 0 Å². The van der Waals surface area contributed by atoms with E-state index in [9.17, 15) is 14.9 Å². The number of nitrogens with zero attached hydrogens (tertiary/aromatic N) is 4. The molecule has 2 aromatic heterocycles. The van der Waals surface area contributed by atoms with Gasteiger partial charge in [-0.3, -0.25) is 9.59 Å². The zero-order chi connectivity index (χ0) is 21.8. The van der Waals surface area contributed by atoms with Crippen LogP contribution in [0.3, 0.4) is 0 Å². The van der Waals surface area contributed by atoms with Crippen LogP contribution in [-0.4, -0.2) is 54.1 Å². The van der Waals surface area contributed by atoms with Crippen molar-refractivity contribution in [2.24, 2.45) is 5.92 Å². The molecule has 162 valence electrons. The predicted molar refractivity (Wildman–Crippen MR) is 115 cm³/mol. The summed E-state index contributed by atoms with van der Waals surface area (Å²) in [7, 11) is 0. The first-order chi connectivity index (χ1) is 15.0. The zero-order valence-corrected chi connectivity index (χ0v) is 17.6. The quantitative estimate of drug-likeness (QED) is 0.773. The van der Waals surface area contributed by atoms with Gasteiger partial charge in [0, 0.05) is 48.9 Å². The van der Waals surface area contributed by atoms with Gasteiger partial charge in [-0.1, -0.05) is 6.42 Å². The van der Waals surface area contributed by atoms with E-state index < -0.39 is 0 Å². The van der Waals surface area contributed by atoms with E-state index in [1.807, 2.05) is 6.07 Å². The Morgan fingerprint density at radius 3 is 2.81 bits per heavy atom. The predicted octanol–water partition coefficient (Wildman–Crippen LogP) is 1.97. The monoisotopic (exact) mass is 422 g/mol. The minimum Gasteiger partial charge on any atom is -0.378 e. The summed E-state index contributed by atoms with van der Waals surface area (Å²) in [4.78, 5) is 35.2. The van der Waals surface area contributed by atoms with Crippen molar-refractivity contribution in [2.75, 3.05) is 36.5 Å². The normalized spacial score (nSPS) is 21.4. The summed E-state index contributed by atoms with van der Waals surface area (Å²) in [5.41, 5.74) is 0.332. The highest BCUT2D eigenvalue weighted by molar-refractivity contribution is 5.98. The number of carbonyl (C=O) groups excluding carboxylic acids is 2. The lowest BCUT2D eigenvalue weighted by molar-refractivity contribution is -0.123.